The highest BCUT2D eigenvalue weighted by molar-refractivity contribution is 5.93. The molecule has 1 aromatic rings. The molecule has 3 rings (SSSR count). The van der Waals surface area contributed by atoms with Crippen LogP contribution in [0.2, 0.25) is 0 Å². The number of rotatable bonds is 8. The number of hydrogen-bond acceptors (Lipinski definition) is 5. The van der Waals surface area contributed by atoms with E-state index in [0.29, 0.717) is 24.7 Å². The summed E-state index contributed by atoms with van der Waals surface area (Å²) >= 11 is 0. The van der Waals surface area contributed by atoms with Gasteiger partial charge >= 0.3 is 6.61 Å². The van der Waals surface area contributed by atoms with Crippen LogP contribution < -0.4 is 9.47 Å². The van der Waals surface area contributed by atoms with E-state index in [1.54, 1.807) is 12.1 Å². The van der Waals surface area contributed by atoms with Gasteiger partial charge in [-0.15, -0.1) is 0 Å². The van der Waals surface area contributed by atoms with Crippen molar-refractivity contribution >= 4 is 5.71 Å². The maximum atomic E-state index is 12.7. The number of nitrogens with zero attached hydrogens (tertiary/aromatic N) is 4. The van der Waals surface area contributed by atoms with Gasteiger partial charge in [0.1, 0.15) is 5.60 Å². The fourth-order valence-electron chi connectivity index (χ4n) is 2.99. The molecule has 0 saturated heterocycles. The van der Waals surface area contributed by atoms with Gasteiger partial charge in [-0.3, -0.25) is 0 Å². The molecular weight excluding hydrogens is 358 g/mol. The van der Waals surface area contributed by atoms with Gasteiger partial charge in [0.15, 0.2) is 11.5 Å². The maximum absolute atomic E-state index is 12.7. The predicted molar refractivity (Wildman–Crippen MR) is 95.3 cm³/mol. The van der Waals surface area contributed by atoms with E-state index >= 15 is 0 Å². The second kappa shape index (κ2) is 8.00. The van der Waals surface area contributed by atoms with Crippen LogP contribution in [0.5, 0.6) is 11.5 Å². The molecule has 27 heavy (non-hydrogen) atoms. The van der Waals surface area contributed by atoms with Gasteiger partial charge < -0.3 is 14.3 Å². The normalized spacial score (nSPS) is 21.1. The van der Waals surface area contributed by atoms with Crippen LogP contribution in [-0.4, -0.2) is 31.1 Å². The van der Waals surface area contributed by atoms with E-state index < -0.39 is 12.2 Å². The summed E-state index contributed by atoms with van der Waals surface area (Å²) in [6.45, 7) is 1.44. The summed E-state index contributed by atoms with van der Waals surface area (Å²) in [5.41, 5.74) is 9.51. The van der Waals surface area contributed by atoms with Gasteiger partial charge in [-0.05, 0) is 55.8 Å². The molecule has 1 fully saturated rings. The van der Waals surface area contributed by atoms with Crippen molar-refractivity contribution in [2.24, 2.45) is 16.2 Å². The Hall–Kier alpha value is -2.54. The summed E-state index contributed by atoms with van der Waals surface area (Å²) in [5.74, 6) is 0.585. The number of ether oxygens (including phenoxy) is 2. The van der Waals surface area contributed by atoms with Crippen molar-refractivity contribution in [2.45, 2.75) is 51.2 Å². The van der Waals surface area contributed by atoms with Crippen molar-refractivity contribution in [3.05, 3.63) is 34.2 Å². The quantitative estimate of drug-likeness (QED) is 0.360. The fourth-order valence-corrected chi connectivity index (χ4v) is 2.99. The van der Waals surface area contributed by atoms with Crippen LogP contribution in [0.1, 0.15) is 44.6 Å². The third kappa shape index (κ3) is 5.23. The van der Waals surface area contributed by atoms with Gasteiger partial charge in [0.05, 0.1) is 18.9 Å². The first-order chi connectivity index (χ1) is 12.9. The molecule has 1 aliphatic carbocycles. The average Bonchev–Trinajstić information content (AvgIpc) is 3.43. The number of hydrogen-bond donors (Lipinski definition) is 0. The fraction of sp³-hybridized carbons (Fsp3) is 0.611. The minimum Gasteiger partial charge on any atom is -0.489 e. The Kier molecular flexibility index (Phi) is 5.70. The van der Waals surface area contributed by atoms with E-state index in [1.807, 2.05) is 13.8 Å². The molecule has 7 nitrogen and oxygen atoms in total. The molecule has 1 atom stereocenters. The topological polar surface area (TPSA) is 88.8 Å². The highest BCUT2D eigenvalue weighted by Crippen LogP contribution is 2.39. The third-order valence-corrected chi connectivity index (χ3v) is 4.56. The first-order valence-electron chi connectivity index (χ1n) is 8.85. The standard InChI is InChI=1S/C18H22F2N4O3/c1-18(2)8-13(14(23-27-18)9-22-24-21)12-5-6-15(26-17(19)20)16(7-12)25-10-11-3-4-11/h5-7,11,13,17H,3-4,8-10H2,1-2H3. The van der Waals surface area contributed by atoms with E-state index in [0.717, 1.165) is 18.4 Å². The Balaban J connectivity index is 1.90. The van der Waals surface area contributed by atoms with Crippen LogP contribution in [0.4, 0.5) is 8.78 Å². The molecule has 1 saturated carbocycles. The van der Waals surface area contributed by atoms with Crippen molar-refractivity contribution in [3.63, 3.8) is 0 Å². The van der Waals surface area contributed by atoms with Crippen LogP contribution >= 0.6 is 0 Å². The summed E-state index contributed by atoms with van der Waals surface area (Å²) in [7, 11) is 0. The van der Waals surface area contributed by atoms with Crippen LogP contribution in [0, 0.1) is 5.92 Å². The number of oxime groups is 1. The van der Waals surface area contributed by atoms with Gasteiger partial charge in [0.2, 0.25) is 0 Å². The predicted octanol–water partition coefficient (Wildman–Crippen LogP) is 5.03. The van der Waals surface area contributed by atoms with E-state index in [2.05, 4.69) is 19.9 Å². The summed E-state index contributed by atoms with van der Waals surface area (Å²) < 4.78 is 35.8. The lowest BCUT2D eigenvalue weighted by atomic mass is 9.83. The second-order valence-corrected chi connectivity index (χ2v) is 7.42. The molecule has 0 amide bonds. The maximum Gasteiger partial charge on any atom is 0.387 e. The smallest absolute Gasteiger partial charge is 0.387 e. The molecule has 0 N–H and O–H groups in total. The molecule has 0 aromatic heterocycles. The molecule has 1 aliphatic heterocycles. The lowest BCUT2D eigenvalue weighted by molar-refractivity contribution is -0.0515. The van der Waals surface area contributed by atoms with Crippen LogP contribution in [0.3, 0.4) is 0 Å². The van der Waals surface area contributed by atoms with Gasteiger partial charge in [-0.2, -0.15) is 8.78 Å². The molecular formula is C18H22F2N4O3. The number of halogens is 2. The first-order valence-corrected chi connectivity index (χ1v) is 8.85. The molecule has 146 valence electrons. The summed E-state index contributed by atoms with van der Waals surface area (Å²) in [4.78, 5) is 8.25. The van der Waals surface area contributed by atoms with Crippen molar-refractivity contribution in [1.82, 2.24) is 0 Å². The van der Waals surface area contributed by atoms with Crippen LogP contribution in [-0.2, 0) is 4.84 Å². The zero-order valence-corrected chi connectivity index (χ0v) is 15.3. The SMILES string of the molecule is CC1(C)CC(c2ccc(OC(F)F)c(OCC3CC3)c2)C(CN=[N+]=[N-])=NO1. The lowest BCUT2D eigenvalue weighted by Gasteiger charge is -2.33. The Morgan fingerprint density at radius 1 is 1.37 bits per heavy atom. The second-order valence-electron chi connectivity index (χ2n) is 7.42. The molecule has 1 aromatic carbocycles. The lowest BCUT2D eigenvalue weighted by Crippen LogP contribution is -2.34. The summed E-state index contributed by atoms with van der Waals surface area (Å²) in [6.07, 6.45) is 2.77. The van der Waals surface area contributed by atoms with Gasteiger partial charge in [-0.1, -0.05) is 16.3 Å². The number of benzene rings is 1. The molecule has 1 unspecified atom stereocenters. The molecule has 0 radical (unpaired) electrons. The average molecular weight is 380 g/mol. The zero-order valence-electron chi connectivity index (χ0n) is 15.3. The third-order valence-electron chi connectivity index (χ3n) is 4.56. The highest BCUT2D eigenvalue weighted by atomic mass is 19.3. The van der Waals surface area contributed by atoms with Gasteiger partial charge in [0.25, 0.3) is 0 Å². The Labute approximate surface area is 155 Å². The highest BCUT2D eigenvalue weighted by Gasteiger charge is 2.34. The molecule has 1 heterocycles. The van der Waals surface area contributed by atoms with Crippen molar-refractivity contribution < 1.29 is 23.1 Å². The Bertz CT molecular complexity index is 759. The Morgan fingerprint density at radius 3 is 2.81 bits per heavy atom. The largest absolute Gasteiger partial charge is 0.489 e. The molecule has 2 aliphatic rings. The molecule has 9 heteroatoms. The number of alkyl halides is 2. The number of azide groups is 1. The van der Waals surface area contributed by atoms with E-state index in [-0.39, 0.29) is 24.0 Å². The van der Waals surface area contributed by atoms with Crippen molar-refractivity contribution in [3.8, 4) is 11.5 Å². The molecule has 0 spiro atoms. The first kappa shape index (κ1) is 19.2. The van der Waals surface area contributed by atoms with E-state index in [4.69, 9.17) is 15.1 Å². The zero-order chi connectivity index (χ0) is 19.4. The monoisotopic (exact) mass is 380 g/mol. The summed E-state index contributed by atoms with van der Waals surface area (Å²) in [6, 6.07) is 4.90. The van der Waals surface area contributed by atoms with Crippen molar-refractivity contribution in [2.75, 3.05) is 13.2 Å². The Morgan fingerprint density at radius 2 is 2.15 bits per heavy atom. The van der Waals surface area contributed by atoms with E-state index in [9.17, 15) is 8.78 Å². The molecule has 0 bridgehead atoms. The van der Waals surface area contributed by atoms with Gasteiger partial charge in [0, 0.05) is 17.3 Å². The van der Waals surface area contributed by atoms with Crippen LogP contribution in [0.25, 0.3) is 10.4 Å². The van der Waals surface area contributed by atoms with Crippen LogP contribution in [0.15, 0.2) is 28.5 Å². The van der Waals surface area contributed by atoms with E-state index in [1.165, 1.54) is 6.07 Å². The van der Waals surface area contributed by atoms with Gasteiger partial charge in [-0.25, -0.2) is 0 Å². The summed E-state index contributed by atoms with van der Waals surface area (Å²) in [5, 5.41) is 7.70. The minimum absolute atomic E-state index is 0.00857. The minimum atomic E-state index is -2.93. The van der Waals surface area contributed by atoms with Crippen molar-refractivity contribution in [1.29, 1.82) is 0 Å².